The Morgan fingerprint density at radius 2 is 2.18 bits per heavy atom. The quantitative estimate of drug-likeness (QED) is 0.738. The van der Waals surface area contributed by atoms with Crippen molar-refractivity contribution in [1.29, 1.82) is 0 Å². The molecule has 0 bridgehead atoms. The summed E-state index contributed by atoms with van der Waals surface area (Å²) in [6.07, 6.45) is 1.82. The second kappa shape index (κ2) is 7.41. The lowest BCUT2D eigenvalue weighted by Gasteiger charge is -2.19. The molecule has 0 saturated carbocycles. The lowest BCUT2D eigenvalue weighted by atomic mass is 10.00. The van der Waals surface area contributed by atoms with Gasteiger partial charge in [0.15, 0.2) is 0 Å². The highest BCUT2D eigenvalue weighted by atomic mass is 19.1. The fourth-order valence-corrected chi connectivity index (χ4v) is 1.96. The maximum Gasteiger partial charge on any atom is 0.128 e. The Morgan fingerprint density at radius 1 is 1.41 bits per heavy atom. The molecule has 17 heavy (non-hydrogen) atoms. The van der Waals surface area contributed by atoms with E-state index in [1.165, 1.54) is 0 Å². The van der Waals surface area contributed by atoms with Crippen LogP contribution in [0.25, 0.3) is 0 Å². The van der Waals surface area contributed by atoms with Gasteiger partial charge in [0.1, 0.15) is 5.82 Å². The van der Waals surface area contributed by atoms with Crippen molar-refractivity contribution in [2.24, 2.45) is 0 Å². The second-order valence-electron chi connectivity index (χ2n) is 4.27. The normalized spacial score (nSPS) is 12.7. The Labute approximate surface area is 103 Å². The summed E-state index contributed by atoms with van der Waals surface area (Å²) >= 11 is 0. The average Bonchev–Trinajstić information content (AvgIpc) is 2.28. The molecule has 0 amide bonds. The fourth-order valence-electron chi connectivity index (χ4n) is 1.96. The topological polar surface area (TPSA) is 21.3 Å². The first kappa shape index (κ1) is 14.1. The first-order valence-electron chi connectivity index (χ1n) is 6.17. The summed E-state index contributed by atoms with van der Waals surface area (Å²) < 4.78 is 18.9. The molecule has 0 aliphatic rings. The van der Waals surface area contributed by atoms with Crippen LogP contribution in [0.1, 0.15) is 36.9 Å². The lowest BCUT2D eigenvalue weighted by Crippen LogP contribution is -2.22. The monoisotopic (exact) mass is 239 g/mol. The molecular formula is C14H22FNO. The summed E-state index contributed by atoms with van der Waals surface area (Å²) in [4.78, 5) is 0. The number of ether oxygens (including phenoxy) is 1. The smallest absolute Gasteiger partial charge is 0.128 e. The van der Waals surface area contributed by atoms with E-state index in [1.54, 1.807) is 13.2 Å². The van der Waals surface area contributed by atoms with Crippen molar-refractivity contribution in [3.05, 3.63) is 35.1 Å². The third-order valence-electron chi connectivity index (χ3n) is 2.82. The van der Waals surface area contributed by atoms with Gasteiger partial charge in [-0.1, -0.05) is 19.1 Å². The van der Waals surface area contributed by atoms with Crippen LogP contribution in [0, 0.1) is 12.7 Å². The van der Waals surface area contributed by atoms with E-state index in [0.717, 1.165) is 37.1 Å². The molecule has 0 aromatic heterocycles. The van der Waals surface area contributed by atoms with Crippen LogP contribution in [-0.4, -0.2) is 20.3 Å². The Morgan fingerprint density at radius 3 is 2.76 bits per heavy atom. The molecule has 0 fully saturated rings. The van der Waals surface area contributed by atoms with E-state index in [4.69, 9.17) is 4.74 Å². The van der Waals surface area contributed by atoms with E-state index in [1.807, 2.05) is 26.0 Å². The minimum Gasteiger partial charge on any atom is -0.385 e. The van der Waals surface area contributed by atoms with Gasteiger partial charge in [-0.3, -0.25) is 0 Å². The van der Waals surface area contributed by atoms with Crippen molar-refractivity contribution in [3.63, 3.8) is 0 Å². The van der Waals surface area contributed by atoms with Crippen molar-refractivity contribution in [1.82, 2.24) is 5.32 Å². The number of aryl methyl sites for hydroxylation is 1. The van der Waals surface area contributed by atoms with Crippen LogP contribution in [0.15, 0.2) is 18.2 Å². The summed E-state index contributed by atoms with van der Waals surface area (Å²) in [7, 11) is 1.69. The van der Waals surface area contributed by atoms with Gasteiger partial charge in [0.25, 0.3) is 0 Å². The van der Waals surface area contributed by atoms with Crippen molar-refractivity contribution >= 4 is 0 Å². The van der Waals surface area contributed by atoms with Gasteiger partial charge in [-0.2, -0.15) is 0 Å². The summed E-state index contributed by atoms with van der Waals surface area (Å²) in [6, 6.07) is 5.51. The van der Waals surface area contributed by atoms with Gasteiger partial charge in [-0.25, -0.2) is 4.39 Å². The first-order chi connectivity index (χ1) is 8.19. The number of halogens is 1. The molecule has 0 radical (unpaired) electrons. The van der Waals surface area contributed by atoms with Crippen LogP contribution < -0.4 is 5.32 Å². The van der Waals surface area contributed by atoms with Gasteiger partial charge in [0.05, 0.1) is 0 Å². The van der Waals surface area contributed by atoms with Gasteiger partial charge < -0.3 is 10.1 Å². The molecule has 1 atom stereocenters. The molecule has 1 aromatic rings. The summed E-state index contributed by atoms with van der Waals surface area (Å²) in [5.41, 5.74) is 1.71. The molecule has 1 rings (SSSR count). The number of hydrogen-bond acceptors (Lipinski definition) is 2. The molecule has 0 heterocycles. The Balaban J connectivity index is 2.74. The minimum absolute atomic E-state index is 0.0794. The van der Waals surface area contributed by atoms with Crippen molar-refractivity contribution < 1.29 is 9.13 Å². The molecule has 0 aliphatic carbocycles. The highest BCUT2D eigenvalue weighted by molar-refractivity contribution is 5.26. The number of nitrogens with one attached hydrogen (secondary N) is 1. The van der Waals surface area contributed by atoms with Crippen molar-refractivity contribution in [2.75, 3.05) is 20.3 Å². The van der Waals surface area contributed by atoms with Crippen molar-refractivity contribution in [2.45, 2.75) is 32.7 Å². The highest BCUT2D eigenvalue weighted by Crippen LogP contribution is 2.22. The summed E-state index contributed by atoms with van der Waals surface area (Å²) in [5, 5.41) is 3.32. The van der Waals surface area contributed by atoms with Crippen LogP contribution >= 0.6 is 0 Å². The third-order valence-corrected chi connectivity index (χ3v) is 2.82. The average molecular weight is 239 g/mol. The zero-order valence-corrected chi connectivity index (χ0v) is 10.9. The number of methoxy groups -OCH3 is 1. The largest absolute Gasteiger partial charge is 0.385 e. The lowest BCUT2D eigenvalue weighted by molar-refractivity contribution is 0.188. The standard InChI is InChI=1S/C14H22FNO/c1-4-16-14(6-5-9-17-3)12-8-7-11(2)10-13(12)15/h7-8,10,14,16H,4-6,9H2,1-3H3. The van der Waals surface area contributed by atoms with E-state index in [2.05, 4.69) is 5.32 Å². The van der Waals surface area contributed by atoms with Gasteiger partial charge in [-0.05, 0) is 37.9 Å². The maximum absolute atomic E-state index is 13.9. The second-order valence-corrected chi connectivity index (χ2v) is 4.27. The van der Waals surface area contributed by atoms with Crippen LogP contribution in [-0.2, 0) is 4.74 Å². The van der Waals surface area contributed by atoms with E-state index in [0.29, 0.717) is 0 Å². The van der Waals surface area contributed by atoms with Gasteiger partial charge >= 0.3 is 0 Å². The zero-order valence-electron chi connectivity index (χ0n) is 10.9. The van der Waals surface area contributed by atoms with E-state index < -0.39 is 0 Å². The highest BCUT2D eigenvalue weighted by Gasteiger charge is 2.14. The molecule has 3 heteroatoms. The SMILES string of the molecule is CCNC(CCCOC)c1ccc(C)cc1F. The van der Waals surface area contributed by atoms with Gasteiger partial charge in [-0.15, -0.1) is 0 Å². The Hall–Kier alpha value is -0.930. The molecular weight excluding hydrogens is 217 g/mol. The van der Waals surface area contributed by atoms with Crippen LogP contribution in [0.5, 0.6) is 0 Å². The Kier molecular flexibility index (Phi) is 6.16. The van der Waals surface area contributed by atoms with E-state index in [9.17, 15) is 4.39 Å². The van der Waals surface area contributed by atoms with Gasteiger partial charge in [0.2, 0.25) is 0 Å². The molecule has 1 N–H and O–H groups in total. The van der Waals surface area contributed by atoms with E-state index in [-0.39, 0.29) is 11.9 Å². The Bertz CT molecular complexity index is 341. The molecule has 1 aromatic carbocycles. The first-order valence-corrected chi connectivity index (χ1v) is 6.17. The molecule has 0 aliphatic heterocycles. The molecule has 1 unspecified atom stereocenters. The third kappa shape index (κ3) is 4.44. The maximum atomic E-state index is 13.9. The fraction of sp³-hybridized carbons (Fsp3) is 0.571. The predicted molar refractivity (Wildman–Crippen MR) is 68.7 cm³/mol. The van der Waals surface area contributed by atoms with E-state index >= 15 is 0 Å². The summed E-state index contributed by atoms with van der Waals surface area (Å²) in [5.74, 6) is -0.117. The number of benzene rings is 1. The zero-order chi connectivity index (χ0) is 12.7. The molecule has 96 valence electrons. The minimum atomic E-state index is -0.117. The predicted octanol–water partition coefficient (Wildman–Crippen LogP) is 3.21. The molecule has 0 saturated heterocycles. The van der Waals surface area contributed by atoms with Crippen LogP contribution in [0.2, 0.25) is 0 Å². The number of hydrogen-bond donors (Lipinski definition) is 1. The van der Waals surface area contributed by atoms with Gasteiger partial charge in [0, 0.05) is 25.3 Å². The molecule has 2 nitrogen and oxygen atoms in total. The van der Waals surface area contributed by atoms with Crippen molar-refractivity contribution in [3.8, 4) is 0 Å². The van der Waals surface area contributed by atoms with Crippen LogP contribution in [0.4, 0.5) is 4.39 Å². The summed E-state index contributed by atoms with van der Waals surface area (Å²) in [6.45, 7) is 5.50. The number of rotatable bonds is 7. The van der Waals surface area contributed by atoms with Crippen LogP contribution in [0.3, 0.4) is 0 Å². The molecule has 0 spiro atoms.